The Morgan fingerprint density at radius 3 is 2.62 bits per heavy atom. The summed E-state index contributed by atoms with van der Waals surface area (Å²) in [5.41, 5.74) is 6.51. The van der Waals surface area contributed by atoms with Crippen LogP contribution in [0.3, 0.4) is 0 Å². The molecule has 0 aromatic carbocycles. The first-order chi connectivity index (χ1) is 7.43. The third-order valence-electron chi connectivity index (χ3n) is 4.21. The molecule has 0 aromatic rings. The Hall–Kier alpha value is -0.0800. The lowest BCUT2D eigenvalue weighted by Gasteiger charge is -2.37. The molecule has 0 saturated heterocycles. The van der Waals surface area contributed by atoms with E-state index < -0.39 is 0 Å². The average Bonchev–Trinajstić information content (AvgIpc) is 2.16. The zero-order chi connectivity index (χ0) is 12.2. The highest BCUT2D eigenvalue weighted by Crippen LogP contribution is 2.29. The van der Waals surface area contributed by atoms with Gasteiger partial charge in [-0.1, -0.05) is 40.5 Å². The van der Waals surface area contributed by atoms with Crippen LogP contribution < -0.4 is 11.1 Å². The maximum atomic E-state index is 6.45. The van der Waals surface area contributed by atoms with Crippen molar-refractivity contribution < 1.29 is 0 Å². The van der Waals surface area contributed by atoms with E-state index in [2.05, 4.69) is 33.0 Å². The smallest absolute Gasteiger partial charge is 0.0283 e. The Labute approximate surface area is 101 Å². The van der Waals surface area contributed by atoms with Crippen molar-refractivity contribution in [3.05, 3.63) is 0 Å². The summed E-state index contributed by atoms with van der Waals surface area (Å²) in [4.78, 5) is 0. The summed E-state index contributed by atoms with van der Waals surface area (Å²) in [6.45, 7) is 11.3. The molecule has 0 radical (unpaired) electrons. The minimum absolute atomic E-state index is 0.0639. The van der Waals surface area contributed by atoms with Gasteiger partial charge < -0.3 is 11.1 Å². The van der Waals surface area contributed by atoms with Crippen LogP contribution in [0.25, 0.3) is 0 Å². The van der Waals surface area contributed by atoms with E-state index in [0.29, 0.717) is 0 Å². The minimum Gasteiger partial charge on any atom is -0.324 e. The fourth-order valence-corrected chi connectivity index (χ4v) is 2.65. The predicted molar refractivity (Wildman–Crippen MR) is 71.4 cm³/mol. The van der Waals surface area contributed by atoms with Crippen LogP contribution in [0.5, 0.6) is 0 Å². The fourth-order valence-electron chi connectivity index (χ4n) is 2.65. The second-order valence-electron chi connectivity index (χ2n) is 6.42. The van der Waals surface area contributed by atoms with Crippen molar-refractivity contribution in [3.8, 4) is 0 Å². The molecule has 96 valence electrons. The predicted octanol–water partition coefficient (Wildman–Crippen LogP) is 2.78. The Bertz CT molecular complexity index is 203. The largest absolute Gasteiger partial charge is 0.324 e. The topological polar surface area (TPSA) is 38.0 Å². The van der Waals surface area contributed by atoms with Gasteiger partial charge in [0.25, 0.3) is 0 Å². The molecule has 1 aliphatic carbocycles. The number of hydrogen-bond acceptors (Lipinski definition) is 2. The molecule has 1 aliphatic rings. The Morgan fingerprint density at radius 2 is 2.06 bits per heavy atom. The van der Waals surface area contributed by atoms with Crippen LogP contribution >= 0.6 is 0 Å². The molecule has 3 atom stereocenters. The summed E-state index contributed by atoms with van der Waals surface area (Å²) < 4.78 is 0. The Kier molecular flexibility index (Phi) is 5.26. The summed E-state index contributed by atoms with van der Waals surface area (Å²) in [6.07, 6.45) is 5.05. The highest BCUT2D eigenvalue weighted by atomic mass is 14.9. The van der Waals surface area contributed by atoms with Gasteiger partial charge in [0.05, 0.1) is 0 Å². The molecule has 0 spiro atoms. The van der Waals surface area contributed by atoms with Gasteiger partial charge in [0.2, 0.25) is 0 Å². The second-order valence-corrected chi connectivity index (χ2v) is 6.42. The standard InChI is InChI=1S/C14H30N2/c1-11(2)13(4)9-16-10-14(15)7-5-6-12(3)8-14/h11-13,16H,5-10,15H2,1-4H3. The third kappa shape index (κ3) is 4.42. The molecule has 16 heavy (non-hydrogen) atoms. The van der Waals surface area contributed by atoms with E-state index in [1.807, 2.05) is 0 Å². The van der Waals surface area contributed by atoms with Gasteiger partial charge in [-0.25, -0.2) is 0 Å². The molecule has 1 fully saturated rings. The first-order valence-electron chi connectivity index (χ1n) is 6.92. The van der Waals surface area contributed by atoms with E-state index in [4.69, 9.17) is 5.73 Å². The van der Waals surface area contributed by atoms with Crippen molar-refractivity contribution in [3.63, 3.8) is 0 Å². The van der Waals surface area contributed by atoms with Crippen LogP contribution in [0.2, 0.25) is 0 Å². The third-order valence-corrected chi connectivity index (χ3v) is 4.21. The molecular weight excluding hydrogens is 196 g/mol. The first kappa shape index (κ1) is 14.0. The molecule has 2 heteroatoms. The molecule has 0 heterocycles. The Balaban J connectivity index is 2.25. The van der Waals surface area contributed by atoms with Crippen molar-refractivity contribution in [2.45, 2.75) is 58.9 Å². The van der Waals surface area contributed by atoms with Gasteiger partial charge in [0.15, 0.2) is 0 Å². The van der Waals surface area contributed by atoms with Crippen LogP contribution in [0.4, 0.5) is 0 Å². The van der Waals surface area contributed by atoms with Crippen LogP contribution in [0, 0.1) is 17.8 Å². The van der Waals surface area contributed by atoms with Crippen molar-refractivity contribution in [2.24, 2.45) is 23.5 Å². The van der Waals surface area contributed by atoms with Gasteiger partial charge in [0.1, 0.15) is 0 Å². The lowest BCUT2D eigenvalue weighted by molar-refractivity contribution is 0.224. The summed E-state index contributed by atoms with van der Waals surface area (Å²) >= 11 is 0. The van der Waals surface area contributed by atoms with Gasteiger partial charge in [-0.15, -0.1) is 0 Å². The van der Waals surface area contributed by atoms with Crippen LogP contribution in [0.15, 0.2) is 0 Å². The summed E-state index contributed by atoms with van der Waals surface area (Å²) in [7, 11) is 0. The SMILES string of the molecule is CC1CCCC(N)(CNCC(C)C(C)C)C1. The number of hydrogen-bond donors (Lipinski definition) is 2. The van der Waals surface area contributed by atoms with Gasteiger partial charge in [0, 0.05) is 12.1 Å². The maximum absolute atomic E-state index is 6.45. The number of rotatable bonds is 5. The van der Waals surface area contributed by atoms with E-state index in [1.54, 1.807) is 0 Å². The average molecular weight is 226 g/mol. The molecule has 0 bridgehead atoms. The molecule has 0 aliphatic heterocycles. The maximum Gasteiger partial charge on any atom is 0.0283 e. The van der Waals surface area contributed by atoms with Crippen molar-refractivity contribution in [1.82, 2.24) is 5.32 Å². The monoisotopic (exact) mass is 226 g/mol. The van der Waals surface area contributed by atoms with E-state index >= 15 is 0 Å². The molecule has 3 unspecified atom stereocenters. The van der Waals surface area contributed by atoms with Gasteiger partial charge >= 0.3 is 0 Å². The van der Waals surface area contributed by atoms with Gasteiger partial charge in [-0.2, -0.15) is 0 Å². The quantitative estimate of drug-likeness (QED) is 0.756. The molecule has 0 aromatic heterocycles. The lowest BCUT2D eigenvalue weighted by atomic mass is 9.77. The highest BCUT2D eigenvalue weighted by molar-refractivity contribution is 4.91. The zero-order valence-electron chi connectivity index (χ0n) is 11.6. The molecule has 2 nitrogen and oxygen atoms in total. The van der Waals surface area contributed by atoms with Crippen LogP contribution in [-0.2, 0) is 0 Å². The van der Waals surface area contributed by atoms with Gasteiger partial charge in [-0.3, -0.25) is 0 Å². The van der Waals surface area contributed by atoms with Crippen LogP contribution in [-0.4, -0.2) is 18.6 Å². The van der Waals surface area contributed by atoms with Crippen LogP contribution in [0.1, 0.15) is 53.4 Å². The molecule has 1 saturated carbocycles. The van der Waals surface area contributed by atoms with Gasteiger partial charge in [-0.05, 0) is 37.1 Å². The normalized spacial score (nSPS) is 33.0. The summed E-state index contributed by atoms with van der Waals surface area (Å²) in [5.74, 6) is 2.30. The van der Waals surface area contributed by atoms with E-state index in [9.17, 15) is 0 Å². The Morgan fingerprint density at radius 1 is 1.38 bits per heavy atom. The van der Waals surface area contributed by atoms with Crippen molar-refractivity contribution in [2.75, 3.05) is 13.1 Å². The number of nitrogens with one attached hydrogen (secondary N) is 1. The second kappa shape index (κ2) is 6.02. The summed E-state index contributed by atoms with van der Waals surface area (Å²) in [6, 6.07) is 0. The highest BCUT2D eigenvalue weighted by Gasteiger charge is 2.30. The fraction of sp³-hybridized carbons (Fsp3) is 1.00. The van der Waals surface area contributed by atoms with E-state index in [-0.39, 0.29) is 5.54 Å². The minimum atomic E-state index is 0.0639. The molecule has 1 rings (SSSR count). The molecular formula is C14H30N2. The molecule has 0 amide bonds. The number of nitrogens with two attached hydrogens (primary N) is 1. The van der Waals surface area contributed by atoms with E-state index in [0.717, 1.165) is 30.8 Å². The van der Waals surface area contributed by atoms with E-state index in [1.165, 1.54) is 25.7 Å². The summed E-state index contributed by atoms with van der Waals surface area (Å²) in [5, 5.41) is 3.57. The van der Waals surface area contributed by atoms with Crippen molar-refractivity contribution >= 4 is 0 Å². The molecule has 3 N–H and O–H groups in total. The lowest BCUT2D eigenvalue weighted by Crippen LogP contribution is -2.52. The van der Waals surface area contributed by atoms with Crippen molar-refractivity contribution in [1.29, 1.82) is 0 Å². The zero-order valence-corrected chi connectivity index (χ0v) is 11.6. The first-order valence-corrected chi connectivity index (χ1v) is 6.92.